The Hall–Kier alpha value is -1.71. The Balaban J connectivity index is 2.56. The first kappa shape index (κ1) is 6.97. The predicted octanol–water partition coefficient (Wildman–Crippen LogP) is 0.547. The number of rotatable bonds is 1. The summed E-state index contributed by atoms with van der Waals surface area (Å²) in [7, 11) is 0. The van der Waals surface area contributed by atoms with Gasteiger partial charge in [0.25, 0.3) is 5.91 Å². The van der Waals surface area contributed by atoms with Gasteiger partial charge in [-0.15, -0.1) is 0 Å². The molecule has 2 rings (SSSR count). The van der Waals surface area contributed by atoms with E-state index in [0.717, 1.165) is 5.69 Å². The van der Waals surface area contributed by atoms with Crippen molar-refractivity contribution in [1.82, 2.24) is 0 Å². The Labute approximate surface area is 69.3 Å². The summed E-state index contributed by atoms with van der Waals surface area (Å²) in [5.41, 5.74) is 6.39. The molecule has 0 atom stereocenters. The molecular formula is C8H8N2O2. The fraction of sp³-hybridized carbons (Fsp3) is 0.125. The van der Waals surface area contributed by atoms with Crippen molar-refractivity contribution < 1.29 is 9.53 Å². The molecular weight excluding hydrogens is 156 g/mol. The van der Waals surface area contributed by atoms with Crippen LogP contribution in [0.25, 0.3) is 0 Å². The zero-order valence-electron chi connectivity index (χ0n) is 6.33. The van der Waals surface area contributed by atoms with Gasteiger partial charge in [-0.25, -0.2) is 0 Å². The van der Waals surface area contributed by atoms with Crippen LogP contribution in [0.4, 0.5) is 5.69 Å². The number of benzene rings is 1. The van der Waals surface area contributed by atoms with E-state index in [1.165, 1.54) is 0 Å². The monoisotopic (exact) mass is 164 g/mol. The first-order chi connectivity index (χ1) is 5.79. The van der Waals surface area contributed by atoms with Crippen molar-refractivity contribution in [2.75, 3.05) is 12.0 Å². The third kappa shape index (κ3) is 0.887. The molecule has 1 amide bonds. The van der Waals surface area contributed by atoms with Crippen LogP contribution in [-0.2, 0) is 0 Å². The Bertz CT molecular complexity index is 336. The third-order valence-electron chi connectivity index (χ3n) is 1.76. The average molecular weight is 164 g/mol. The highest BCUT2D eigenvalue weighted by atomic mass is 16.5. The van der Waals surface area contributed by atoms with Crippen molar-refractivity contribution in [3.63, 3.8) is 0 Å². The molecule has 1 aliphatic heterocycles. The molecule has 4 nitrogen and oxygen atoms in total. The van der Waals surface area contributed by atoms with E-state index in [9.17, 15) is 4.79 Å². The van der Waals surface area contributed by atoms with Crippen LogP contribution in [-0.4, -0.2) is 12.6 Å². The molecule has 1 aliphatic rings. The fourth-order valence-corrected chi connectivity index (χ4v) is 1.21. The Morgan fingerprint density at radius 1 is 1.58 bits per heavy atom. The molecule has 0 unspecified atom stereocenters. The second-order valence-electron chi connectivity index (χ2n) is 2.51. The van der Waals surface area contributed by atoms with Crippen LogP contribution >= 0.6 is 0 Å². The summed E-state index contributed by atoms with van der Waals surface area (Å²) in [6.07, 6.45) is 0. The lowest BCUT2D eigenvalue weighted by atomic mass is 10.1. The van der Waals surface area contributed by atoms with E-state index in [-0.39, 0.29) is 0 Å². The Kier molecular flexibility index (Phi) is 1.40. The third-order valence-corrected chi connectivity index (χ3v) is 1.76. The van der Waals surface area contributed by atoms with Gasteiger partial charge in [-0.1, -0.05) is 6.07 Å². The second-order valence-corrected chi connectivity index (χ2v) is 2.51. The standard InChI is InChI=1S/C8H8N2O2/c9-8(11)5-2-1-3-6-7(5)12-4-10-6/h1-3,10H,4H2,(H2,9,11). The lowest BCUT2D eigenvalue weighted by Crippen LogP contribution is -2.11. The molecule has 0 saturated carbocycles. The molecule has 12 heavy (non-hydrogen) atoms. The van der Waals surface area contributed by atoms with Crippen LogP contribution in [0.1, 0.15) is 10.4 Å². The Morgan fingerprint density at radius 3 is 3.17 bits per heavy atom. The number of carbonyl (C=O) groups excluding carboxylic acids is 1. The van der Waals surface area contributed by atoms with Crippen LogP contribution in [0, 0.1) is 0 Å². The minimum absolute atomic E-state index is 0.402. The second kappa shape index (κ2) is 2.41. The molecule has 4 heteroatoms. The van der Waals surface area contributed by atoms with Gasteiger partial charge in [0.05, 0.1) is 11.3 Å². The molecule has 0 aliphatic carbocycles. The van der Waals surface area contributed by atoms with E-state index in [0.29, 0.717) is 18.0 Å². The largest absolute Gasteiger partial charge is 0.470 e. The quantitative estimate of drug-likeness (QED) is 0.637. The van der Waals surface area contributed by atoms with Crippen molar-refractivity contribution in [1.29, 1.82) is 0 Å². The van der Waals surface area contributed by atoms with Gasteiger partial charge in [0.15, 0.2) is 12.5 Å². The van der Waals surface area contributed by atoms with Gasteiger partial charge in [-0.05, 0) is 12.1 Å². The highest BCUT2D eigenvalue weighted by Crippen LogP contribution is 2.32. The molecule has 0 spiro atoms. The van der Waals surface area contributed by atoms with Gasteiger partial charge in [0.1, 0.15) is 0 Å². The zero-order chi connectivity index (χ0) is 8.55. The maximum Gasteiger partial charge on any atom is 0.252 e. The number of carbonyl (C=O) groups is 1. The SMILES string of the molecule is NC(=O)c1cccc2c1OCN2. The molecule has 0 aromatic heterocycles. The molecule has 3 N–H and O–H groups in total. The van der Waals surface area contributed by atoms with Crippen LogP contribution in [0.3, 0.4) is 0 Å². The molecule has 62 valence electrons. The van der Waals surface area contributed by atoms with E-state index < -0.39 is 5.91 Å². The normalized spacial score (nSPS) is 13.0. The van der Waals surface area contributed by atoms with E-state index >= 15 is 0 Å². The molecule has 0 radical (unpaired) electrons. The van der Waals surface area contributed by atoms with Gasteiger partial charge in [-0.2, -0.15) is 0 Å². The lowest BCUT2D eigenvalue weighted by Gasteiger charge is -2.01. The van der Waals surface area contributed by atoms with Gasteiger partial charge in [0, 0.05) is 0 Å². The number of nitrogens with two attached hydrogens (primary N) is 1. The summed E-state index contributed by atoms with van der Waals surface area (Å²) in [4.78, 5) is 10.9. The fourth-order valence-electron chi connectivity index (χ4n) is 1.21. The number of para-hydroxylation sites is 1. The van der Waals surface area contributed by atoms with Gasteiger partial charge < -0.3 is 15.8 Å². The van der Waals surface area contributed by atoms with Crippen LogP contribution in [0.2, 0.25) is 0 Å². The van der Waals surface area contributed by atoms with Crippen molar-refractivity contribution >= 4 is 11.6 Å². The maximum atomic E-state index is 10.9. The summed E-state index contributed by atoms with van der Waals surface area (Å²) < 4.78 is 5.18. The van der Waals surface area contributed by atoms with Gasteiger partial charge >= 0.3 is 0 Å². The van der Waals surface area contributed by atoms with Crippen molar-refractivity contribution in [2.24, 2.45) is 5.73 Å². The minimum Gasteiger partial charge on any atom is -0.470 e. The van der Waals surface area contributed by atoms with E-state index in [4.69, 9.17) is 10.5 Å². The molecule has 0 bridgehead atoms. The number of hydrogen-bond donors (Lipinski definition) is 2. The first-order valence-corrected chi connectivity index (χ1v) is 3.58. The maximum absolute atomic E-state index is 10.9. The number of ether oxygens (including phenoxy) is 1. The van der Waals surface area contributed by atoms with Gasteiger partial charge in [-0.3, -0.25) is 4.79 Å². The van der Waals surface area contributed by atoms with E-state index in [1.807, 2.05) is 6.07 Å². The predicted molar refractivity (Wildman–Crippen MR) is 44.1 cm³/mol. The van der Waals surface area contributed by atoms with Crippen molar-refractivity contribution in [3.8, 4) is 5.75 Å². The van der Waals surface area contributed by atoms with Crippen molar-refractivity contribution in [3.05, 3.63) is 23.8 Å². The summed E-state index contributed by atoms with van der Waals surface area (Å²) >= 11 is 0. The zero-order valence-corrected chi connectivity index (χ0v) is 6.33. The topological polar surface area (TPSA) is 64.4 Å². The lowest BCUT2D eigenvalue weighted by molar-refractivity contribution is 0.0997. The highest BCUT2D eigenvalue weighted by molar-refractivity contribution is 5.97. The Morgan fingerprint density at radius 2 is 2.42 bits per heavy atom. The van der Waals surface area contributed by atoms with Crippen LogP contribution in [0.5, 0.6) is 5.75 Å². The number of anilines is 1. The summed E-state index contributed by atoms with van der Waals surface area (Å²) in [5.74, 6) is 0.0977. The number of fused-ring (bicyclic) bond motifs is 1. The molecule has 1 aromatic rings. The number of hydrogen-bond acceptors (Lipinski definition) is 3. The van der Waals surface area contributed by atoms with E-state index in [1.54, 1.807) is 12.1 Å². The molecule has 1 aromatic carbocycles. The summed E-state index contributed by atoms with van der Waals surface area (Å²) in [6.45, 7) is 0.402. The highest BCUT2D eigenvalue weighted by Gasteiger charge is 2.17. The average Bonchev–Trinajstić information content (AvgIpc) is 2.49. The molecule has 0 saturated heterocycles. The van der Waals surface area contributed by atoms with Crippen LogP contribution in [0.15, 0.2) is 18.2 Å². The first-order valence-electron chi connectivity index (χ1n) is 3.58. The van der Waals surface area contributed by atoms with E-state index in [2.05, 4.69) is 5.32 Å². The molecule has 0 fully saturated rings. The molecule has 1 heterocycles. The van der Waals surface area contributed by atoms with Crippen LogP contribution < -0.4 is 15.8 Å². The summed E-state index contributed by atoms with van der Waals surface area (Å²) in [6, 6.07) is 5.25. The minimum atomic E-state index is -0.462. The summed E-state index contributed by atoms with van der Waals surface area (Å²) in [5, 5.41) is 2.97. The smallest absolute Gasteiger partial charge is 0.252 e. The number of nitrogens with one attached hydrogen (secondary N) is 1. The number of primary amides is 1. The van der Waals surface area contributed by atoms with Gasteiger partial charge in [0.2, 0.25) is 0 Å². The number of amides is 1. The van der Waals surface area contributed by atoms with Crippen molar-refractivity contribution in [2.45, 2.75) is 0 Å².